The summed E-state index contributed by atoms with van der Waals surface area (Å²) < 4.78 is 5.40. The zero-order valence-electron chi connectivity index (χ0n) is 23.4. The van der Waals surface area contributed by atoms with Crippen LogP contribution >= 0.6 is 0 Å². The van der Waals surface area contributed by atoms with Crippen LogP contribution in [0.25, 0.3) is 10.8 Å². The number of anilines is 1. The van der Waals surface area contributed by atoms with Gasteiger partial charge >= 0.3 is 6.09 Å². The van der Waals surface area contributed by atoms with Crippen LogP contribution in [0.15, 0.2) is 66.7 Å². The second kappa shape index (κ2) is 12.1. The van der Waals surface area contributed by atoms with Crippen molar-refractivity contribution >= 4 is 34.4 Å². The predicted molar refractivity (Wildman–Crippen MR) is 152 cm³/mol. The van der Waals surface area contributed by atoms with E-state index in [9.17, 15) is 14.4 Å². The van der Waals surface area contributed by atoms with Gasteiger partial charge in [0.1, 0.15) is 17.7 Å². The van der Waals surface area contributed by atoms with E-state index in [1.54, 1.807) is 27.8 Å². The van der Waals surface area contributed by atoms with E-state index in [2.05, 4.69) is 10.6 Å². The summed E-state index contributed by atoms with van der Waals surface area (Å²) in [5.41, 5.74) is 1.65. The smallest absolute Gasteiger partial charge is 0.408 e. The molecule has 2 unspecified atom stereocenters. The molecular weight excluding hydrogens is 478 g/mol. The third-order valence-corrected chi connectivity index (χ3v) is 6.09. The SMILES string of the molecule is Cc1ccc(C(C(=O)Nc2ccc3ccccc3c2)N(C)C(=O)C(CC(C)C)NC(=O)OC(C)(C)C)cc1. The Morgan fingerprint density at radius 1 is 0.921 bits per heavy atom. The van der Waals surface area contributed by atoms with Gasteiger partial charge in [0.15, 0.2) is 0 Å². The first-order valence-electron chi connectivity index (χ1n) is 13.0. The number of aryl methyl sites for hydroxylation is 1. The van der Waals surface area contributed by atoms with E-state index in [0.29, 0.717) is 17.7 Å². The van der Waals surface area contributed by atoms with Crippen molar-refractivity contribution in [1.29, 1.82) is 0 Å². The first kappa shape index (κ1) is 28.7. The van der Waals surface area contributed by atoms with Gasteiger partial charge in [-0.05, 0) is 68.5 Å². The number of amides is 3. The van der Waals surface area contributed by atoms with Crippen LogP contribution in [0.5, 0.6) is 0 Å². The maximum absolute atomic E-state index is 13.8. The molecule has 7 nitrogen and oxygen atoms in total. The summed E-state index contributed by atoms with van der Waals surface area (Å²) in [7, 11) is 1.59. The summed E-state index contributed by atoms with van der Waals surface area (Å²) in [5, 5.41) is 7.78. The first-order chi connectivity index (χ1) is 17.8. The van der Waals surface area contributed by atoms with E-state index in [4.69, 9.17) is 4.74 Å². The number of carbonyl (C=O) groups is 3. The largest absolute Gasteiger partial charge is 0.444 e. The summed E-state index contributed by atoms with van der Waals surface area (Å²) in [4.78, 5) is 41.4. The fraction of sp³-hybridized carbons (Fsp3) is 0.387. The molecule has 0 aliphatic heterocycles. The van der Waals surface area contributed by atoms with Crippen molar-refractivity contribution in [3.05, 3.63) is 77.9 Å². The maximum Gasteiger partial charge on any atom is 0.408 e. The van der Waals surface area contributed by atoms with Crippen molar-refractivity contribution in [3.63, 3.8) is 0 Å². The molecule has 0 aliphatic rings. The molecule has 3 aromatic carbocycles. The normalized spacial score (nSPS) is 13.1. The Labute approximate surface area is 225 Å². The third kappa shape index (κ3) is 7.81. The highest BCUT2D eigenvalue weighted by atomic mass is 16.6. The van der Waals surface area contributed by atoms with Gasteiger partial charge < -0.3 is 20.3 Å². The lowest BCUT2D eigenvalue weighted by molar-refractivity contribution is -0.139. The molecular formula is C31H39N3O4. The van der Waals surface area contributed by atoms with E-state index >= 15 is 0 Å². The maximum atomic E-state index is 13.8. The molecule has 0 saturated carbocycles. The van der Waals surface area contributed by atoms with E-state index in [-0.39, 0.29) is 17.7 Å². The Bertz CT molecular complexity index is 1280. The number of likely N-dealkylation sites (N-methyl/N-ethyl adjacent to an activating group) is 1. The van der Waals surface area contributed by atoms with Crippen molar-refractivity contribution < 1.29 is 19.1 Å². The number of carbonyl (C=O) groups excluding carboxylic acids is 3. The number of nitrogens with zero attached hydrogens (tertiary/aromatic N) is 1. The molecule has 0 aromatic heterocycles. The minimum Gasteiger partial charge on any atom is -0.444 e. The van der Waals surface area contributed by atoms with Crippen molar-refractivity contribution in [2.45, 2.75) is 65.6 Å². The van der Waals surface area contributed by atoms with Crippen LogP contribution < -0.4 is 10.6 Å². The lowest BCUT2D eigenvalue weighted by atomic mass is 9.99. The molecule has 0 fully saturated rings. The zero-order chi connectivity index (χ0) is 28.0. The average Bonchev–Trinajstić information content (AvgIpc) is 2.83. The zero-order valence-corrected chi connectivity index (χ0v) is 23.4. The molecule has 3 aromatic rings. The van der Waals surface area contributed by atoms with Gasteiger partial charge in [0.05, 0.1) is 0 Å². The van der Waals surface area contributed by atoms with Crippen molar-refractivity contribution in [3.8, 4) is 0 Å². The number of hydrogen-bond donors (Lipinski definition) is 2. The summed E-state index contributed by atoms with van der Waals surface area (Å²) in [6.45, 7) is 11.2. The highest BCUT2D eigenvalue weighted by molar-refractivity contribution is 6.00. The Balaban J connectivity index is 1.91. The number of fused-ring (bicyclic) bond motifs is 1. The molecule has 2 N–H and O–H groups in total. The van der Waals surface area contributed by atoms with E-state index in [1.807, 2.05) is 87.5 Å². The monoisotopic (exact) mass is 517 g/mol. The van der Waals surface area contributed by atoms with Crippen LogP contribution in [0.4, 0.5) is 10.5 Å². The minimum absolute atomic E-state index is 0.122. The van der Waals surface area contributed by atoms with Gasteiger partial charge in [-0.3, -0.25) is 9.59 Å². The molecule has 0 bridgehead atoms. The van der Waals surface area contributed by atoms with Gasteiger partial charge in [-0.1, -0.05) is 74.0 Å². The van der Waals surface area contributed by atoms with Gasteiger partial charge in [0.2, 0.25) is 5.91 Å². The lowest BCUT2D eigenvalue weighted by Crippen LogP contribution is -2.51. The molecule has 0 heterocycles. The second-order valence-electron chi connectivity index (χ2n) is 11.1. The summed E-state index contributed by atoms with van der Waals surface area (Å²) in [5.74, 6) is -0.596. The van der Waals surface area contributed by atoms with Crippen molar-refractivity contribution in [1.82, 2.24) is 10.2 Å². The lowest BCUT2D eigenvalue weighted by Gasteiger charge is -2.32. The van der Waals surface area contributed by atoms with Gasteiger partial charge in [-0.15, -0.1) is 0 Å². The second-order valence-corrected chi connectivity index (χ2v) is 11.1. The summed E-state index contributed by atoms with van der Waals surface area (Å²) in [6.07, 6.45) is -0.271. The first-order valence-corrected chi connectivity index (χ1v) is 13.0. The number of rotatable bonds is 8. The fourth-order valence-electron chi connectivity index (χ4n) is 4.29. The third-order valence-electron chi connectivity index (χ3n) is 6.09. The Morgan fingerprint density at radius 3 is 2.16 bits per heavy atom. The van der Waals surface area contributed by atoms with Crippen LogP contribution in [0, 0.1) is 12.8 Å². The highest BCUT2D eigenvalue weighted by Gasteiger charge is 2.34. The number of nitrogens with one attached hydrogen (secondary N) is 2. The Hall–Kier alpha value is -3.87. The molecule has 38 heavy (non-hydrogen) atoms. The predicted octanol–water partition coefficient (Wildman–Crippen LogP) is 6.23. The van der Waals surface area contributed by atoms with Crippen LogP contribution in [0.2, 0.25) is 0 Å². The number of ether oxygens (including phenoxy) is 1. The van der Waals surface area contributed by atoms with E-state index in [1.165, 1.54) is 4.90 Å². The van der Waals surface area contributed by atoms with E-state index in [0.717, 1.165) is 16.3 Å². The summed E-state index contributed by atoms with van der Waals surface area (Å²) in [6, 6.07) is 19.4. The average molecular weight is 518 g/mol. The van der Waals surface area contributed by atoms with Gasteiger partial charge in [0.25, 0.3) is 5.91 Å². The minimum atomic E-state index is -0.912. The highest BCUT2D eigenvalue weighted by Crippen LogP contribution is 2.26. The number of benzene rings is 3. The summed E-state index contributed by atoms with van der Waals surface area (Å²) >= 11 is 0. The Kier molecular flexibility index (Phi) is 9.15. The molecule has 0 spiro atoms. The molecule has 7 heteroatoms. The standard InChI is InChI=1S/C31H39N3O4/c1-20(2)18-26(33-30(37)38-31(4,5)6)29(36)34(7)27(23-14-12-21(3)13-15-23)28(35)32-25-17-16-22-10-8-9-11-24(22)19-25/h8-17,19-20,26-27H,18H2,1-7H3,(H,32,35)(H,33,37). The number of hydrogen-bond acceptors (Lipinski definition) is 4. The van der Waals surface area contributed by atoms with Gasteiger partial charge in [-0.2, -0.15) is 0 Å². The van der Waals surface area contributed by atoms with Crippen LogP contribution in [0.3, 0.4) is 0 Å². The van der Waals surface area contributed by atoms with Crippen molar-refractivity contribution in [2.75, 3.05) is 12.4 Å². The number of alkyl carbamates (subject to hydrolysis) is 1. The fourth-order valence-corrected chi connectivity index (χ4v) is 4.29. The molecule has 3 rings (SSSR count). The van der Waals surface area contributed by atoms with Crippen LogP contribution in [-0.4, -0.2) is 41.5 Å². The topological polar surface area (TPSA) is 87.7 Å². The molecule has 0 aliphatic carbocycles. The molecule has 0 radical (unpaired) electrons. The van der Waals surface area contributed by atoms with Gasteiger partial charge in [0, 0.05) is 12.7 Å². The van der Waals surface area contributed by atoms with Gasteiger partial charge in [-0.25, -0.2) is 4.79 Å². The molecule has 2 atom stereocenters. The Morgan fingerprint density at radius 2 is 1.55 bits per heavy atom. The molecule has 0 saturated heterocycles. The molecule has 3 amide bonds. The van der Waals surface area contributed by atoms with Crippen LogP contribution in [-0.2, 0) is 14.3 Å². The quantitative estimate of drug-likeness (QED) is 0.371. The van der Waals surface area contributed by atoms with Crippen LogP contribution in [0.1, 0.15) is 58.2 Å². The van der Waals surface area contributed by atoms with E-state index < -0.39 is 23.8 Å². The molecule has 202 valence electrons. The van der Waals surface area contributed by atoms with Crippen molar-refractivity contribution in [2.24, 2.45) is 5.92 Å².